The van der Waals surface area contributed by atoms with Crippen molar-refractivity contribution < 1.29 is 4.74 Å². The summed E-state index contributed by atoms with van der Waals surface area (Å²) in [6.45, 7) is 2.81. The van der Waals surface area contributed by atoms with Crippen LogP contribution in [0.1, 0.15) is 5.56 Å². The van der Waals surface area contributed by atoms with E-state index in [1.807, 2.05) is 12.1 Å². The Morgan fingerprint density at radius 2 is 2.29 bits per heavy atom. The van der Waals surface area contributed by atoms with Gasteiger partial charge in [-0.1, -0.05) is 35.5 Å². The van der Waals surface area contributed by atoms with E-state index in [1.165, 1.54) is 17.1 Å². The third kappa shape index (κ3) is 3.52. The van der Waals surface area contributed by atoms with E-state index < -0.39 is 0 Å². The number of benzene rings is 1. The average Bonchev–Trinajstić information content (AvgIpc) is 2.78. The van der Waals surface area contributed by atoms with Crippen LogP contribution in [0.25, 0.3) is 11.4 Å². The van der Waals surface area contributed by atoms with Crippen molar-refractivity contribution in [3.8, 4) is 11.4 Å². The first-order valence-electron chi connectivity index (χ1n) is 5.32. The van der Waals surface area contributed by atoms with Crippen LogP contribution in [-0.2, 0) is 4.74 Å². The zero-order valence-electron chi connectivity index (χ0n) is 9.84. The van der Waals surface area contributed by atoms with E-state index in [0.717, 1.165) is 28.1 Å². The Labute approximate surface area is 109 Å². The molecular weight excluding hydrogens is 252 g/mol. The van der Waals surface area contributed by atoms with E-state index >= 15 is 0 Å². The molecule has 2 rings (SSSR count). The molecule has 1 heterocycles. The van der Waals surface area contributed by atoms with Crippen LogP contribution in [0.5, 0.6) is 0 Å². The van der Waals surface area contributed by atoms with Gasteiger partial charge in [-0.15, -0.1) is 0 Å². The molecule has 90 valence electrons. The maximum atomic E-state index is 5.01. The van der Waals surface area contributed by atoms with Crippen LogP contribution in [0, 0.1) is 6.92 Å². The average molecular weight is 266 g/mol. The highest BCUT2D eigenvalue weighted by Gasteiger charge is 2.06. The minimum absolute atomic E-state index is 0.740. The number of aryl methyl sites for hydroxylation is 1. The highest BCUT2D eigenvalue weighted by Crippen LogP contribution is 2.25. The van der Waals surface area contributed by atoms with Crippen LogP contribution in [-0.4, -0.2) is 28.8 Å². The Morgan fingerprint density at radius 3 is 3.06 bits per heavy atom. The predicted molar refractivity (Wildman–Crippen MR) is 72.7 cm³/mol. The van der Waals surface area contributed by atoms with E-state index in [-0.39, 0.29) is 0 Å². The van der Waals surface area contributed by atoms with E-state index in [2.05, 4.69) is 28.4 Å². The molecule has 0 aliphatic rings. The zero-order valence-corrected chi connectivity index (χ0v) is 11.5. The summed E-state index contributed by atoms with van der Waals surface area (Å²) in [5, 5.41) is 0. The summed E-state index contributed by atoms with van der Waals surface area (Å²) in [4.78, 5) is 4.51. The summed E-state index contributed by atoms with van der Waals surface area (Å²) in [6.07, 6.45) is 0. The molecular formula is C12H14N2OS2. The number of hydrogen-bond acceptors (Lipinski definition) is 5. The lowest BCUT2D eigenvalue weighted by atomic mass is 10.1. The normalized spacial score (nSPS) is 10.7. The first-order chi connectivity index (χ1) is 8.29. The van der Waals surface area contributed by atoms with Crippen molar-refractivity contribution in [3.05, 3.63) is 29.8 Å². The number of methoxy groups -OCH3 is 1. The molecule has 1 aromatic carbocycles. The highest BCUT2D eigenvalue weighted by molar-refractivity contribution is 8.00. The van der Waals surface area contributed by atoms with Crippen LogP contribution >= 0.6 is 23.3 Å². The molecule has 1 aromatic heterocycles. The molecule has 3 nitrogen and oxygen atoms in total. The van der Waals surface area contributed by atoms with E-state index in [4.69, 9.17) is 4.74 Å². The lowest BCUT2D eigenvalue weighted by molar-refractivity contribution is 0.218. The molecule has 0 N–H and O–H groups in total. The van der Waals surface area contributed by atoms with Crippen molar-refractivity contribution in [2.75, 3.05) is 19.5 Å². The van der Waals surface area contributed by atoms with Gasteiger partial charge in [0.15, 0.2) is 10.2 Å². The quantitative estimate of drug-likeness (QED) is 0.614. The van der Waals surface area contributed by atoms with Gasteiger partial charge in [0, 0.05) is 18.4 Å². The van der Waals surface area contributed by atoms with E-state index in [1.54, 1.807) is 18.9 Å². The third-order valence-electron chi connectivity index (χ3n) is 2.20. The van der Waals surface area contributed by atoms with Crippen molar-refractivity contribution in [1.82, 2.24) is 9.36 Å². The summed E-state index contributed by atoms with van der Waals surface area (Å²) in [6, 6.07) is 8.25. The second-order valence-corrected chi connectivity index (χ2v) is 5.69. The van der Waals surface area contributed by atoms with Crippen molar-refractivity contribution >= 4 is 23.3 Å². The Balaban J connectivity index is 2.07. The van der Waals surface area contributed by atoms with E-state index in [0.29, 0.717) is 0 Å². The second-order valence-electron chi connectivity index (χ2n) is 3.59. The smallest absolute Gasteiger partial charge is 0.174 e. The SMILES string of the molecule is COCCSc1nc(-c2cccc(C)c2)ns1. The Morgan fingerprint density at radius 1 is 1.41 bits per heavy atom. The molecule has 0 spiro atoms. The summed E-state index contributed by atoms with van der Waals surface area (Å²) in [7, 11) is 1.71. The topological polar surface area (TPSA) is 35.0 Å². The summed E-state index contributed by atoms with van der Waals surface area (Å²) in [5.74, 6) is 1.73. The van der Waals surface area contributed by atoms with Crippen molar-refractivity contribution in [3.63, 3.8) is 0 Å². The van der Waals surface area contributed by atoms with Gasteiger partial charge in [-0.3, -0.25) is 0 Å². The molecule has 0 unspecified atom stereocenters. The molecule has 0 saturated heterocycles. The van der Waals surface area contributed by atoms with Crippen LogP contribution in [0.3, 0.4) is 0 Å². The molecule has 0 amide bonds. The van der Waals surface area contributed by atoms with Gasteiger partial charge in [-0.2, -0.15) is 4.37 Å². The Bertz CT molecular complexity index is 485. The summed E-state index contributed by atoms with van der Waals surface area (Å²) < 4.78 is 10.4. The molecule has 0 fully saturated rings. The van der Waals surface area contributed by atoms with Crippen molar-refractivity contribution in [1.29, 1.82) is 0 Å². The van der Waals surface area contributed by atoms with Crippen LogP contribution in [0.4, 0.5) is 0 Å². The number of ether oxygens (including phenoxy) is 1. The number of hydrogen-bond donors (Lipinski definition) is 0. The molecule has 0 aliphatic carbocycles. The van der Waals surface area contributed by atoms with Crippen molar-refractivity contribution in [2.45, 2.75) is 11.3 Å². The fourth-order valence-corrected chi connectivity index (χ4v) is 2.97. The van der Waals surface area contributed by atoms with Gasteiger partial charge in [0.25, 0.3) is 0 Å². The summed E-state index contributed by atoms with van der Waals surface area (Å²) >= 11 is 3.13. The van der Waals surface area contributed by atoms with Gasteiger partial charge in [-0.05, 0) is 24.5 Å². The van der Waals surface area contributed by atoms with Gasteiger partial charge in [0.2, 0.25) is 0 Å². The van der Waals surface area contributed by atoms with Gasteiger partial charge < -0.3 is 4.74 Å². The highest BCUT2D eigenvalue weighted by atomic mass is 32.2. The van der Waals surface area contributed by atoms with Crippen LogP contribution in [0.15, 0.2) is 28.6 Å². The first kappa shape index (κ1) is 12.5. The first-order valence-corrected chi connectivity index (χ1v) is 7.08. The number of rotatable bonds is 5. The summed E-state index contributed by atoms with van der Waals surface area (Å²) in [5.41, 5.74) is 2.31. The minimum Gasteiger partial charge on any atom is -0.384 e. The molecule has 5 heteroatoms. The fourth-order valence-electron chi connectivity index (χ4n) is 1.38. The van der Waals surface area contributed by atoms with Crippen molar-refractivity contribution in [2.24, 2.45) is 0 Å². The molecule has 0 radical (unpaired) electrons. The predicted octanol–water partition coefficient (Wildman–Crippen LogP) is 3.25. The molecule has 0 aliphatic heterocycles. The van der Waals surface area contributed by atoms with Gasteiger partial charge >= 0.3 is 0 Å². The third-order valence-corrected chi connectivity index (χ3v) is 3.99. The van der Waals surface area contributed by atoms with Gasteiger partial charge in [0.1, 0.15) is 0 Å². The Hall–Kier alpha value is -0.910. The maximum absolute atomic E-state index is 5.01. The lowest BCUT2D eigenvalue weighted by Gasteiger charge is -1.96. The monoisotopic (exact) mass is 266 g/mol. The number of aromatic nitrogens is 2. The largest absolute Gasteiger partial charge is 0.384 e. The van der Waals surface area contributed by atoms with Gasteiger partial charge in [0.05, 0.1) is 6.61 Å². The van der Waals surface area contributed by atoms with Crippen LogP contribution < -0.4 is 0 Å². The fraction of sp³-hybridized carbons (Fsp3) is 0.333. The van der Waals surface area contributed by atoms with E-state index in [9.17, 15) is 0 Å². The molecule has 17 heavy (non-hydrogen) atoms. The lowest BCUT2D eigenvalue weighted by Crippen LogP contribution is -1.90. The molecule has 0 saturated carbocycles. The van der Waals surface area contributed by atoms with Gasteiger partial charge in [-0.25, -0.2) is 4.98 Å². The zero-order chi connectivity index (χ0) is 12.1. The number of thioether (sulfide) groups is 1. The van der Waals surface area contributed by atoms with Crippen LogP contribution in [0.2, 0.25) is 0 Å². The Kier molecular flexibility index (Phi) is 4.53. The second kappa shape index (κ2) is 6.14. The number of nitrogens with zero attached hydrogens (tertiary/aromatic N) is 2. The maximum Gasteiger partial charge on any atom is 0.174 e. The standard InChI is InChI=1S/C12H14N2OS2/c1-9-4-3-5-10(8-9)11-13-12(17-14-11)16-7-6-15-2/h3-5,8H,6-7H2,1-2H3. The minimum atomic E-state index is 0.740. The molecule has 0 bridgehead atoms. The molecule has 0 atom stereocenters. The molecule has 2 aromatic rings.